The quantitative estimate of drug-likeness (QED) is 0.862. The lowest BCUT2D eigenvalue weighted by Gasteiger charge is -2.35. The number of amides is 3. The largest absolute Gasteiger partial charge is 0.490 e. The van der Waals surface area contributed by atoms with Crippen LogP contribution in [0.5, 0.6) is 5.75 Å². The van der Waals surface area contributed by atoms with E-state index in [0.717, 1.165) is 37.1 Å². The molecule has 1 aliphatic carbocycles. The lowest BCUT2D eigenvalue weighted by molar-refractivity contribution is -0.142. The third-order valence-electron chi connectivity index (χ3n) is 5.79. The highest BCUT2D eigenvalue weighted by atomic mass is 16.5. The van der Waals surface area contributed by atoms with Gasteiger partial charge < -0.3 is 24.6 Å². The molecule has 4 rings (SSSR count). The number of nitrogens with zero attached hydrogens (tertiary/aromatic N) is 2. The fourth-order valence-electron chi connectivity index (χ4n) is 4.12. The van der Waals surface area contributed by atoms with Crippen molar-refractivity contribution >= 4 is 17.6 Å². The Hall–Kier alpha value is -2.28. The van der Waals surface area contributed by atoms with E-state index in [9.17, 15) is 9.59 Å². The van der Waals surface area contributed by atoms with Crippen LogP contribution in [0.25, 0.3) is 0 Å². The van der Waals surface area contributed by atoms with Gasteiger partial charge in [-0.05, 0) is 62.8 Å². The molecule has 0 radical (unpaired) electrons. The zero-order valence-electron chi connectivity index (χ0n) is 16.3. The Kier molecular flexibility index (Phi) is 6.00. The molecule has 152 valence electrons. The highest BCUT2D eigenvalue weighted by Crippen LogP contribution is 2.25. The van der Waals surface area contributed by atoms with Crippen molar-refractivity contribution in [3.05, 3.63) is 24.3 Å². The lowest BCUT2D eigenvalue weighted by Crippen LogP contribution is -2.53. The number of hydrogen-bond acceptors (Lipinski definition) is 4. The van der Waals surface area contributed by atoms with E-state index in [0.29, 0.717) is 38.9 Å². The first-order valence-electron chi connectivity index (χ1n) is 10.4. The second kappa shape index (κ2) is 8.82. The summed E-state index contributed by atoms with van der Waals surface area (Å²) in [6.07, 6.45) is 6.53. The van der Waals surface area contributed by atoms with Gasteiger partial charge in [-0.2, -0.15) is 0 Å². The SMILES string of the molecule is O=C(Nc1ccc(OC2CCCC2)cc1)N1CCN(C(=O)[C@@H]2CCCO2)CC1. The van der Waals surface area contributed by atoms with Crippen LogP contribution >= 0.6 is 0 Å². The van der Waals surface area contributed by atoms with Gasteiger partial charge in [-0.15, -0.1) is 0 Å². The zero-order chi connectivity index (χ0) is 19.3. The Labute approximate surface area is 166 Å². The van der Waals surface area contributed by atoms with Gasteiger partial charge in [0.15, 0.2) is 0 Å². The Balaban J connectivity index is 1.23. The fourth-order valence-corrected chi connectivity index (χ4v) is 4.12. The molecular weight excluding hydrogens is 358 g/mol. The van der Waals surface area contributed by atoms with Crippen molar-refractivity contribution in [2.75, 3.05) is 38.1 Å². The molecule has 3 aliphatic rings. The van der Waals surface area contributed by atoms with Crippen LogP contribution in [0.2, 0.25) is 0 Å². The Morgan fingerprint density at radius 1 is 0.929 bits per heavy atom. The maximum absolute atomic E-state index is 12.5. The minimum atomic E-state index is -0.287. The third-order valence-corrected chi connectivity index (χ3v) is 5.79. The Morgan fingerprint density at radius 2 is 1.61 bits per heavy atom. The van der Waals surface area contributed by atoms with E-state index in [4.69, 9.17) is 9.47 Å². The molecule has 1 atom stereocenters. The Morgan fingerprint density at radius 3 is 2.25 bits per heavy atom. The molecule has 3 amide bonds. The summed E-state index contributed by atoms with van der Waals surface area (Å²) in [6.45, 7) is 2.85. The molecule has 7 heteroatoms. The highest BCUT2D eigenvalue weighted by molar-refractivity contribution is 5.89. The number of ether oxygens (including phenoxy) is 2. The highest BCUT2D eigenvalue weighted by Gasteiger charge is 2.31. The van der Waals surface area contributed by atoms with E-state index < -0.39 is 0 Å². The van der Waals surface area contributed by atoms with Crippen LogP contribution < -0.4 is 10.1 Å². The molecule has 1 aromatic rings. The number of anilines is 1. The number of hydrogen-bond donors (Lipinski definition) is 1. The van der Waals surface area contributed by atoms with E-state index in [1.54, 1.807) is 4.90 Å². The molecule has 2 heterocycles. The second-order valence-electron chi connectivity index (χ2n) is 7.79. The predicted octanol–water partition coefficient (Wildman–Crippen LogP) is 2.86. The third kappa shape index (κ3) is 4.58. The number of piperazine rings is 1. The summed E-state index contributed by atoms with van der Waals surface area (Å²) < 4.78 is 11.4. The number of carbonyl (C=O) groups excluding carboxylic acids is 2. The monoisotopic (exact) mass is 387 g/mol. The Bertz CT molecular complexity index is 673. The fraction of sp³-hybridized carbons (Fsp3) is 0.619. The first kappa shape index (κ1) is 19.1. The van der Waals surface area contributed by atoms with Crippen LogP contribution in [0.4, 0.5) is 10.5 Å². The smallest absolute Gasteiger partial charge is 0.321 e. The van der Waals surface area contributed by atoms with Gasteiger partial charge >= 0.3 is 6.03 Å². The van der Waals surface area contributed by atoms with Crippen molar-refractivity contribution in [2.24, 2.45) is 0 Å². The molecule has 1 saturated carbocycles. The summed E-state index contributed by atoms with van der Waals surface area (Å²) >= 11 is 0. The molecule has 2 saturated heterocycles. The molecule has 7 nitrogen and oxygen atoms in total. The minimum Gasteiger partial charge on any atom is -0.490 e. The van der Waals surface area contributed by atoms with Crippen LogP contribution in [0.1, 0.15) is 38.5 Å². The van der Waals surface area contributed by atoms with Crippen molar-refractivity contribution in [1.82, 2.24) is 9.80 Å². The molecule has 0 bridgehead atoms. The summed E-state index contributed by atoms with van der Waals surface area (Å²) in [6, 6.07) is 7.44. The van der Waals surface area contributed by atoms with Crippen LogP contribution in [0.15, 0.2) is 24.3 Å². The average molecular weight is 387 g/mol. The molecule has 28 heavy (non-hydrogen) atoms. The molecule has 0 spiro atoms. The van der Waals surface area contributed by atoms with E-state index >= 15 is 0 Å². The van der Waals surface area contributed by atoms with Gasteiger partial charge in [-0.3, -0.25) is 4.79 Å². The average Bonchev–Trinajstić information content (AvgIpc) is 3.43. The van der Waals surface area contributed by atoms with Crippen molar-refractivity contribution in [3.8, 4) is 5.75 Å². The maximum atomic E-state index is 12.5. The summed E-state index contributed by atoms with van der Waals surface area (Å²) in [5.74, 6) is 0.918. The van der Waals surface area contributed by atoms with E-state index in [1.165, 1.54) is 12.8 Å². The second-order valence-corrected chi connectivity index (χ2v) is 7.79. The van der Waals surface area contributed by atoms with Crippen molar-refractivity contribution in [3.63, 3.8) is 0 Å². The normalized spacial score (nSPS) is 23.1. The number of urea groups is 1. The van der Waals surface area contributed by atoms with Gasteiger partial charge in [0.05, 0.1) is 6.10 Å². The lowest BCUT2D eigenvalue weighted by atomic mass is 10.2. The van der Waals surface area contributed by atoms with E-state index in [2.05, 4.69) is 5.32 Å². The van der Waals surface area contributed by atoms with Crippen LogP contribution in [-0.2, 0) is 9.53 Å². The number of rotatable bonds is 4. The van der Waals surface area contributed by atoms with Gasteiger partial charge in [-0.1, -0.05) is 0 Å². The van der Waals surface area contributed by atoms with Gasteiger partial charge in [0.2, 0.25) is 0 Å². The van der Waals surface area contributed by atoms with Crippen LogP contribution in [0, 0.1) is 0 Å². The van der Waals surface area contributed by atoms with Crippen molar-refractivity contribution in [2.45, 2.75) is 50.7 Å². The minimum absolute atomic E-state index is 0.0652. The molecule has 2 aliphatic heterocycles. The number of nitrogens with one attached hydrogen (secondary N) is 1. The van der Waals surface area contributed by atoms with E-state index in [1.807, 2.05) is 29.2 Å². The standard InChI is InChI=1S/C21H29N3O4/c25-20(19-6-3-15-27-19)23-11-13-24(14-12-23)21(26)22-16-7-9-18(10-8-16)28-17-4-1-2-5-17/h7-10,17,19H,1-6,11-15H2,(H,22,26)/t19-/m0/s1. The van der Waals surface area contributed by atoms with Gasteiger partial charge in [0.1, 0.15) is 11.9 Å². The summed E-state index contributed by atoms with van der Waals surface area (Å²) in [7, 11) is 0. The molecule has 1 N–H and O–H groups in total. The summed E-state index contributed by atoms with van der Waals surface area (Å²) in [5, 5.41) is 2.93. The van der Waals surface area contributed by atoms with Gasteiger partial charge in [0, 0.05) is 38.5 Å². The predicted molar refractivity (Wildman–Crippen MR) is 105 cm³/mol. The van der Waals surface area contributed by atoms with E-state index in [-0.39, 0.29) is 18.0 Å². The molecule has 1 aromatic carbocycles. The molecule has 3 fully saturated rings. The van der Waals surface area contributed by atoms with Gasteiger partial charge in [0.25, 0.3) is 5.91 Å². The zero-order valence-corrected chi connectivity index (χ0v) is 16.3. The number of benzene rings is 1. The number of carbonyl (C=O) groups is 2. The summed E-state index contributed by atoms with van der Waals surface area (Å²) in [5.41, 5.74) is 0.752. The molecule has 0 aromatic heterocycles. The topological polar surface area (TPSA) is 71.1 Å². The first-order chi connectivity index (χ1) is 13.7. The van der Waals surface area contributed by atoms with Gasteiger partial charge in [-0.25, -0.2) is 4.79 Å². The molecular formula is C21H29N3O4. The van der Waals surface area contributed by atoms with Crippen LogP contribution in [0.3, 0.4) is 0 Å². The molecule has 0 unspecified atom stereocenters. The summed E-state index contributed by atoms with van der Waals surface area (Å²) in [4.78, 5) is 28.5. The van der Waals surface area contributed by atoms with Crippen molar-refractivity contribution < 1.29 is 19.1 Å². The van der Waals surface area contributed by atoms with Crippen molar-refractivity contribution in [1.29, 1.82) is 0 Å². The van der Waals surface area contributed by atoms with Crippen LogP contribution in [-0.4, -0.2) is 66.7 Å². The maximum Gasteiger partial charge on any atom is 0.321 e. The first-order valence-corrected chi connectivity index (χ1v) is 10.4.